The third kappa shape index (κ3) is 3.18. The molecule has 2 heterocycles. The Balaban J connectivity index is 2.12. The molecule has 2 rings (SSSR count). The smallest absolute Gasteiger partial charge is 0.256 e. The predicted octanol–water partition coefficient (Wildman–Crippen LogP) is 3.94. The fourth-order valence-corrected chi connectivity index (χ4v) is 3.42. The van der Waals surface area contributed by atoms with E-state index < -0.39 is 0 Å². The fraction of sp³-hybridized carbons (Fsp3) is 0.167. The number of thiophene rings is 1. The molecule has 6 heteroatoms. The largest absolute Gasteiger partial charge is 0.336 e. The second-order valence-electron chi connectivity index (χ2n) is 3.73. The number of rotatable bonds is 3. The Bertz CT molecular complexity index is 571. The second-order valence-corrected chi connectivity index (χ2v) is 6.40. The first-order chi connectivity index (χ1) is 8.58. The van der Waals surface area contributed by atoms with E-state index in [0.717, 1.165) is 9.35 Å². The summed E-state index contributed by atoms with van der Waals surface area (Å²) < 4.78 is 1.63. The maximum Gasteiger partial charge on any atom is 0.256 e. The SMILES string of the molecule is CN(Cc1cc(Br)cs1)C(=O)c1cccnc1Br. The molecule has 0 aliphatic rings. The molecule has 18 heavy (non-hydrogen) atoms. The number of carbonyl (C=O) groups is 1. The molecule has 0 N–H and O–H groups in total. The molecule has 0 saturated carbocycles. The zero-order valence-electron chi connectivity index (χ0n) is 9.56. The van der Waals surface area contributed by atoms with Crippen molar-refractivity contribution >= 4 is 49.1 Å². The van der Waals surface area contributed by atoms with Crippen molar-refractivity contribution in [3.63, 3.8) is 0 Å². The van der Waals surface area contributed by atoms with Crippen molar-refractivity contribution in [3.05, 3.63) is 49.3 Å². The first kappa shape index (κ1) is 13.7. The van der Waals surface area contributed by atoms with Crippen LogP contribution in [0.5, 0.6) is 0 Å². The summed E-state index contributed by atoms with van der Waals surface area (Å²) >= 11 is 8.32. The number of hydrogen-bond acceptors (Lipinski definition) is 3. The van der Waals surface area contributed by atoms with Gasteiger partial charge < -0.3 is 4.90 Å². The Morgan fingerprint density at radius 1 is 1.50 bits per heavy atom. The van der Waals surface area contributed by atoms with Gasteiger partial charge in [0.25, 0.3) is 5.91 Å². The lowest BCUT2D eigenvalue weighted by Gasteiger charge is -2.16. The average Bonchev–Trinajstić information content (AvgIpc) is 2.74. The van der Waals surface area contributed by atoms with Crippen molar-refractivity contribution in [1.82, 2.24) is 9.88 Å². The monoisotopic (exact) mass is 388 g/mol. The Kier molecular flexibility index (Phi) is 4.53. The lowest BCUT2D eigenvalue weighted by molar-refractivity contribution is 0.0785. The van der Waals surface area contributed by atoms with E-state index in [1.165, 1.54) is 0 Å². The average molecular weight is 390 g/mol. The normalized spacial score (nSPS) is 10.4. The van der Waals surface area contributed by atoms with Crippen molar-refractivity contribution in [2.24, 2.45) is 0 Å². The first-order valence-electron chi connectivity index (χ1n) is 5.17. The number of hydrogen-bond donors (Lipinski definition) is 0. The summed E-state index contributed by atoms with van der Waals surface area (Å²) in [5.41, 5.74) is 0.579. The zero-order valence-corrected chi connectivity index (χ0v) is 13.5. The topological polar surface area (TPSA) is 33.2 Å². The summed E-state index contributed by atoms with van der Waals surface area (Å²) in [6.45, 7) is 0.594. The molecular weight excluding hydrogens is 380 g/mol. The highest BCUT2D eigenvalue weighted by Gasteiger charge is 2.15. The van der Waals surface area contributed by atoms with E-state index in [4.69, 9.17) is 0 Å². The molecule has 94 valence electrons. The van der Waals surface area contributed by atoms with Crippen LogP contribution in [0.2, 0.25) is 0 Å². The quantitative estimate of drug-likeness (QED) is 0.745. The third-order valence-corrected chi connectivity index (χ3v) is 4.67. The summed E-state index contributed by atoms with van der Waals surface area (Å²) in [5, 5.41) is 2.01. The van der Waals surface area contributed by atoms with Crippen molar-refractivity contribution in [2.75, 3.05) is 7.05 Å². The van der Waals surface area contributed by atoms with Crippen LogP contribution in [0.4, 0.5) is 0 Å². The summed E-state index contributed by atoms with van der Waals surface area (Å²) in [7, 11) is 1.79. The maximum atomic E-state index is 12.2. The third-order valence-electron chi connectivity index (χ3n) is 2.35. The number of pyridine rings is 1. The van der Waals surface area contributed by atoms with E-state index in [-0.39, 0.29) is 5.91 Å². The molecule has 0 saturated heterocycles. The van der Waals surface area contributed by atoms with Crippen molar-refractivity contribution in [3.8, 4) is 0 Å². The number of carbonyl (C=O) groups excluding carboxylic acids is 1. The van der Waals surface area contributed by atoms with Crippen LogP contribution in [0.15, 0.2) is 38.9 Å². The molecule has 2 aromatic rings. The highest BCUT2D eigenvalue weighted by Crippen LogP contribution is 2.22. The summed E-state index contributed by atoms with van der Waals surface area (Å²) in [6.07, 6.45) is 1.65. The molecule has 0 aliphatic carbocycles. The lowest BCUT2D eigenvalue weighted by Crippen LogP contribution is -2.26. The van der Waals surface area contributed by atoms with Gasteiger partial charge in [-0.1, -0.05) is 0 Å². The van der Waals surface area contributed by atoms with Crippen LogP contribution in [0, 0.1) is 0 Å². The van der Waals surface area contributed by atoms with E-state index >= 15 is 0 Å². The molecule has 0 fully saturated rings. The molecular formula is C12H10Br2N2OS. The molecule has 3 nitrogen and oxygen atoms in total. The molecule has 0 spiro atoms. The van der Waals surface area contributed by atoms with Crippen molar-refractivity contribution in [2.45, 2.75) is 6.54 Å². The van der Waals surface area contributed by atoms with Crippen LogP contribution in [0.1, 0.15) is 15.2 Å². The van der Waals surface area contributed by atoms with Crippen LogP contribution in [-0.4, -0.2) is 22.8 Å². The van der Waals surface area contributed by atoms with Gasteiger partial charge in [-0.2, -0.15) is 0 Å². The van der Waals surface area contributed by atoms with Crippen LogP contribution in [-0.2, 0) is 6.54 Å². The van der Waals surface area contributed by atoms with Gasteiger partial charge in [-0.15, -0.1) is 11.3 Å². The Labute approximate surface area is 126 Å². The lowest BCUT2D eigenvalue weighted by atomic mass is 10.2. The van der Waals surface area contributed by atoms with Gasteiger partial charge in [-0.25, -0.2) is 4.98 Å². The Hall–Kier alpha value is -0.720. The van der Waals surface area contributed by atoms with Gasteiger partial charge >= 0.3 is 0 Å². The number of halogens is 2. The first-order valence-corrected chi connectivity index (χ1v) is 7.63. The molecule has 0 atom stereocenters. The molecule has 0 bridgehead atoms. The summed E-state index contributed by atoms with van der Waals surface area (Å²) in [6, 6.07) is 5.54. The van der Waals surface area contributed by atoms with Crippen molar-refractivity contribution in [1.29, 1.82) is 0 Å². The van der Waals surface area contributed by atoms with Gasteiger partial charge in [0.1, 0.15) is 4.60 Å². The molecule has 1 amide bonds. The minimum Gasteiger partial charge on any atom is -0.336 e. The van der Waals surface area contributed by atoms with Gasteiger partial charge in [0.15, 0.2) is 0 Å². The molecule has 0 radical (unpaired) electrons. The van der Waals surface area contributed by atoms with Gasteiger partial charge in [-0.3, -0.25) is 4.79 Å². The summed E-state index contributed by atoms with van der Waals surface area (Å²) in [4.78, 5) is 19.1. The van der Waals surface area contributed by atoms with Crippen LogP contribution in [0.3, 0.4) is 0 Å². The minimum atomic E-state index is -0.0421. The summed E-state index contributed by atoms with van der Waals surface area (Å²) in [5.74, 6) is -0.0421. The Morgan fingerprint density at radius 2 is 2.28 bits per heavy atom. The van der Waals surface area contributed by atoms with E-state index in [2.05, 4.69) is 36.8 Å². The van der Waals surface area contributed by atoms with Gasteiger partial charge in [-0.05, 0) is 50.1 Å². The highest BCUT2D eigenvalue weighted by molar-refractivity contribution is 9.10. The Morgan fingerprint density at radius 3 is 2.89 bits per heavy atom. The van der Waals surface area contributed by atoms with Crippen molar-refractivity contribution < 1.29 is 4.79 Å². The molecule has 0 aromatic carbocycles. The predicted molar refractivity (Wildman–Crippen MR) is 79.8 cm³/mol. The minimum absolute atomic E-state index is 0.0421. The van der Waals surface area contributed by atoms with E-state index in [1.54, 1.807) is 41.6 Å². The highest BCUT2D eigenvalue weighted by atomic mass is 79.9. The standard InChI is InChI=1S/C12H10Br2N2OS/c1-16(6-9-5-8(13)7-18-9)12(17)10-3-2-4-15-11(10)14/h2-5,7H,6H2,1H3. The fourth-order valence-electron chi connectivity index (χ4n) is 1.49. The van der Waals surface area contributed by atoms with Gasteiger partial charge in [0.2, 0.25) is 0 Å². The van der Waals surface area contributed by atoms with Crippen LogP contribution >= 0.6 is 43.2 Å². The van der Waals surface area contributed by atoms with E-state index in [0.29, 0.717) is 16.7 Å². The maximum absolute atomic E-state index is 12.2. The molecule has 0 aliphatic heterocycles. The van der Waals surface area contributed by atoms with Gasteiger partial charge in [0, 0.05) is 28.0 Å². The molecule has 0 unspecified atom stereocenters. The zero-order chi connectivity index (χ0) is 13.1. The number of aromatic nitrogens is 1. The van der Waals surface area contributed by atoms with E-state index in [1.807, 2.05) is 11.4 Å². The van der Waals surface area contributed by atoms with Crippen LogP contribution < -0.4 is 0 Å². The number of nitrogens with zero attached hydrogens (tertiary/aromatic N) is 2. The van der Waals surface area contributed by atoms with Gasteiger partial charge in [0.05, 0.1) is 12.1 Å². The second kappa shape index (κ2) is 5.95. The van der Waals surface area contributed by atoms with E-state index in [9.17, 15) is 4.79 Å². The number of amides is 1. The van der Waals surface area contributed by atoms with Crippen LogP contribution in [0.25, 0.3) is 0 Å². The molecule has 2 aromatic heterocycles.